The fourth-order valence-corrected chi connectivity index (χ4v) is 3.53. The molecule has 0 unspecified atom stereocenters. The van der Waals surface area contributed by atoms with E-state index in [0.29, 0.717) is 24.5 Å². The van der Waals surface area contributed by atoms with Crippen molar-refractivity contribution in [1.29, 1.82) is 0 Å². The Balaban J connectivity index is 1.58. The molecule has 2 heterocycles. The largest absolute Gasteiger partial charge is 0.497 e. The average molecular weight is 383 g/mol. The van der Waals surface area contributed by atoms with E-state index in [0.717, 1.165) is 17.7 Å². The number of amides is 2. The van der Waals surface area contributed by atoms with Crippen LogP contribution in [0.2, 0.25) is 0 Å². The van der Waals surface area contributed by atoms with Crippen LogP contribution in [0.25, 0.3) is 0 Å². The van der Waals surface area contributed by atoms with Crippen LogP contribution < -0.4 is 15.5 Å². The lowest BCUT2D eigenvalue weighted by Gasteiger charge is -2.17. The molecule has 0 spiro atoms. The van der Waals surface area contributed by atoms with Gasteiger partial charge in [-0.05, 0) is 38.0 Å². The van der Waals surface area contributed by atoms with Gasteiger partial charge in [0.05, 0.1) is 13.2 Å². The van der Waals surface area contributed by atoms with Crippen molar-refractivity contribution in [2.24, 2.45) is 0 Å². The number of nitrogens with zero attached hydrogens (tertiary/aromatic N) is 1. The number of hydrogen-bond donors (Lipinski definition) is 2. The van der Waals surface area contributed by atoms with Gasteiger partial charge in [0.15, 0.2) is 5.43 Å². The molecule has 0 aliphatic carbocycles. The Morgan fingerprint density at radius 2 is 1.96 bits per heavy atom. The maximum absolute atomic E-state index is 12.5. The summed E-state index contributed by atoms with van der Waals surface area (Å²) >= 11 is 0. The van der Waals surface area contributed by atoms with Crippen LogP contribution in [-0.2, 0) is 11.2 Å². The number of carbonyl (C=O) groups excluding carboxylic acids is 2. The maximum Gasteiger partial charge on any atom is 0.257 e. The SMILES string of the molecule is COc1ccc(CCN2C[C@H](NC(=O)c3c(C)[nH]c(C)cc3=O)CC2=O)cc1. The van der Waals surface area contributed by atoms with Crippen LogP contribution in [0.15, 0.2) is 35.1 Å². The highest BCUT2D eigenvalue weighted by atomic mass is 16.5. The number of carbonyl (C=O) groups is 2. The monoisotopic (exact) mass is 383 g/mol. The number of methoxy groups -OCH3 is 1. The zero-order valence-corrected chi connectivity index (χ0v) is 16.4. The molecule has 1 aliphatic heterocycles. The molecule has 0 bridgehead atoms. The Hall–Kier alpha value is -3.09. The first-order valence-electron chi connectivity index (χ1n) is 9.29. The highest BCUT2D eigenvalue weighted by molar-refractivity contribution is 5.96. The number of hydrogen-bond acceptors (Lipinski definition) is 4. The Morgan fingerprint density at radius 3 is 2.61 bits per heavy atom. The number of aromatic nitrogens is 1. The molecule has 1 aromatic carbocycles. The van der Waals surface area contributed by atoms with E-state index in [2.05, 4.69) is 10.3 Å². The molecular formula is C21H25N3O4. The first kappa shape index (κ1) is 19.7. The topological polar surface area (TPSA) is 91.5 Å². The lowest BCUT2D eigenvalue weighted by atomic mass is 10.1. The predicted molar refractivity (Wildman–Crippen MR) is 106 cm³/mol. The molecule has 2 N–H and O–H groups in total. The van der Waals surface area contributed by atoms with Crippen molar-refractivity contribution < 1.29 is 14.3 Å². The number of benzene rings is 1. The van der Waals surface area contributed by atoms with Crippen LogP contribution in [0.3, 0.4) is 0 Å². The number of likely N-dealkylation sites (tertiary alicyclic amines) is 1. The quantitative estimate of drug-likeness (QED) is 0.792. The van der Waals surface area contributed by atoms with Gasteiger partial charge in [0.2, 0.25) is 5.91 Å². The lowest BCUT2D eigenvalue weighted by Crippen LogP contribution is -2.39. The number of nitrogens with one attached hydrogen (secondary N) is 2. The number of aromatic amines is 1. The van der Waals surface area contributed by atoms with Crippen LogP contribution in [-0.4, -0.2) is 47.9 Å². The first-order valence-corrected chi connectivity index (χ1v) is 9.29. The summed E-state index contributed by atoms with van der Waals surface area (Å²) < 4.78 is 5.15. The molecule has 3 rings (SSSR count). The van der Waals surface area contributed by atoms with Gasteiger partial charge in [0.25, 0.3) is 5.91 Å². The van der Waals surface area contributed by atoms with Crippen molar-refractivity contribution in [1.82, 2.24) is 15.2 Å². The summed E-state index contributed by atoms with van der Waals surface area (Å²) in [4.78, 5) is 41.7. The van der Waals surface area contributed by atoms with Crippen molar-refractivity contribution in [2.45, 2.75) is 32.7 Å². The summed E-state index contributed by atoms with van der Waals surface area (Å²) in [6, 6.07) is 8.85. The van der Waals surface area contributed by atoms with Gasteiger partial charge >= 0.3 is 0 Å². The van der Waals surface area contributed by atoms with Crippen LogP contribution in [0, 0.1) is 13.8 Å². The molecule has 2 amide bonds. The van der Waals surface area contributed by atoms with Gasteiger partial charge in [-0.1, -0.05) is 12.1 Å². The molecule has 7 nitrogen and oxygen atoms in total. The van der Waals surface area contributed by atoms with Crippen molar-refractivity contribution in [2.75, 3.05) is 20.2 Å². The summed E-state index contributed by atoms with van der Waals surface area (Å²) in [6.07, 6.45) is 0.976. The van der Waals surface area contributed by atoms with Gasteiger partial charge in [-0.15, -0.1) is 0 Å². The summed E-state index contributed by atoms with van der Waals surface area (Å²) in [5, 5.41) is 2.83. The highest BCUT2D eigenvalue weighted by Crippen LogP contribution is 2.15. The normalized spacial score (nSPS) is 16.3. The zero-order valence-electron chi connectivity index (χ0n) is 16.4. The van der Waals surface area contributed by atoms with E-state index in [-0.39, 0.29) is 29.4 Å². The van der Waals surface area contributed by atoms with Crippen LogP contribution >= 0.6 is 0 Å². The Labute approximate surface area is 163 Å². The minimum absolute atomic E-state index is 0.00773. The lowest BCUT2D eigenvalue weighted by molar-refractivity contribution is -0.127. The molecule has 1 fully saturated rings. The van der Waals surface area contributed by atoms with Crippen LogP contribution in [0.1, 0.15) is 33.7 Å². The molecule has 7 heteroatoms. The van der Waals surface area contributed by atoms with Gasteiger partial charge < -0.3 is 19.9 Å². The Morgan fingerprint density at radius 1 is 1.25 bits per heavy atom. The number of ether oxygens (including phenoxy) is 1. The number of H-pyrrole nitrogens is 1. The van der Waals surface area contributed by atoms with Gasteiger partial charge in [-0.3, -0.25) is 14.4 Å². The summed E-state index contributed by atoms with van der Waals surface area (Å²) in [6.45, 7) is 4.50. The highest BCUT2D eigenvalue weighted by Gasteiger charge is 2.31. The number of aryl methyl sites for hydroxylation is 2. The molecule has 28 heavy (non-hydrogen) atoms. The molecule has 148 valence electrons. The van der Waals surface area contributed by atoms with Gasteiger partial charge in [-0.25, -0.2) is 0 Å². The average Bonchev–Trinajstić information content (AvgIpc) is 2.98. The fourth-order valence-electron chi connectivity index (χ4n) is 3.53. The number of rotatable bonds is 6. The van der Waals surface area contributed by atoms with Crippen molar-refractivity contribution >= 4 is 11.8 Å². The van der Waals surface area contributed by atoms with E-state index in [9.17, 15) is 14.4 Å². The van der Waals surface area contributed by atoms with Crippen LogP contribution in [0.4, 0.5) is 0 Å². The standard InChI is InChI=1S/C21H25N3O4/c1-13-10-18(25)20(14(2)22-13)21(27)23-16-11-19(26)24(12-16)9-8-15-4-6-17(28-3)7-5-15/h4-7,10,16H,8-9,11-12H2,1-3H3,(H,22,25)(H,23,27)/t16-/m1/s1. The van der Waals surface area contributed by atoms with Crippen molar-refractivity contribution in [3.63, 3.8) is 0 Å². The van der Waals surface area contributed by atoms with Crippen molar-refractivity contribution in [3.8, 4) is 5.75 Å². The molecule has 0 saturated carbocycles. The van der Waals surface area contributed by atoms with E-state index >= 15 is 0 Å². The molecule has 1 saturated heterocycles. The smallest absolute Gasteiger partial charge is 0.257 e. The predicted octanol–water partition coefficient (Wildman–Crippen LogP) is 1.57. The third kappa shape index (κ3) is 4.42. The molecule has 2 aromatic rings. The summed E-state index contributed by atoms with van der Waals surface area (Å²) in [5.41, 5.74) is 2.15. The zero-order chi connectivity index (χ0) is 20.3. The third-order valence-electron chi connectivity index (χ3n) is 4.96. The van der Waals surface area contributed by atoms with E-state index in [1.807, 2.05) is 24.3 Å². The second kappa shape index (κ2) is 8.29. The molecular weight excluding hydrogens is 358 g/mol. The van der Waals surface area contributed by atoms with E-state index in [1.165, 1.54) is 6.07 Å². The maximum atomic E-state index is 12.5. The summed E-state index contributed by atoms with van der Waals surface area (Å²) in [5.74, 6) is 0.368. The second-order valence-electron chi connectivity index (χ2n) is 7.13. The van der Waals surface area contributed by atoms with Gasteiger partial charge in [-0.2, -0.15) is 0 Å². The number of pyridine rings is 1. The first-order chi connectivity index (χ1) is 13.4. The van der Waals surface area contributed by atoms with E-state index < -0.39 is 5.91 Å². The molecule has 1 atom stereocenters. The fraction of sp³-hybridized carbons (Fsp3) is 0.381. The van der Waals surface area contributed by atoms with Gasteiger partial charge in [0, 0.05) is 37.0 Å². The Bertz CT molecular complexity index is 934. The molecule has 0 radical (unpaired) electrons. The molecule has 1 aliphatic rings. The second-order valence-corrected chi connectivity index (χ2v) is 7.13. The van der Waals surface area contributed by atoms with Crippen LogP contribution in [0.5, 0.6) is 5.75 Å². The molecule has 1 aromatic heterocycles. The van der Waals surface area contributed by atoms with Gasteiger partial charge in [0.1, 0.15) is 11.3 Å². The summed E-state index contributed by atoms with van der Waals surface area (Å²) in [7, 11) is 1.62. The van der Waals surface area contributed by atoms with E-state index in [4.69, 9.17) is 4.74 Å². The Kier molecular flexibility index (Phi) is 5.82. The minimum atomic E-state index is -0.437. The third-order valence-corrected chi connectivity index (χ3v) is 4.96. The van der Waals surface area contributed by atoms with Crippen molar-refractivity contribution in [3.05, 3.63) is 63.1 Å². The van der Waals surface area contributed by atoms with E-state index in [1.54, 1.807) is 25.9 Å². The minimum Gasteiger partial charge on any atom is -0.497 e.